The summed E-state index contributed by atoms with van der Waals surface area (Å²) in [5.74, 6) is -2.44. The van der Waals surface area contributed by atoms with Crippen LogP contribution < -0.4 is 9.62 Å². The summed E-state index contributed by atoms with van der Waals surface area (Å²) in [6.07, 6.45) is 0.939. The molecule has 0 atom stereocenters. The van der Waals surface area contributed by atoms with Crippen LogP contribution in [0.15, 0.2) is 36.4 Å². The number of rotatable bonds is 7. The fraction of sp³-hybridized carbons (Fsp3) is 0.235. The molecule has 0 radical (unpaired) electrons. The maximum atomic E-state index is 13.6. The molecule has 0 fully saturated rings. The van der Waals surface area contributed by atoms with Gasteiger partial charge in [0.05, 0.1) is 17.0 Å². The van der Waals surface area contributed by atoms with Crippen molar-refractivity contribution >= 4 is 50.5 Å². The number of halogens is 4. The van der Waals surface area contributed by atoms with Crippen molar-refractivity contribution in [3.8, 4) is 0 Å². The van der Waals surface area contributed by atoms with Crippen LogP contribution in [0.4, 0.5) is 20.2 Å². The number of anilines is 2. The number of carbonyl (C=O) groups is 1. The van der Waals surface area contributed by atoms with Crippen LogP contribution in [0, 0.1) is 11.6 Å². The van der Waals surface area contributed by atoms with E-state index in [1.807, 2.05) is 0 Å². The van der Waals surface area contributed by atoms with E-state index in [4.69, 9.17) is 23.2 Å². The van der Waals surface area contributed by atoms with E-state index in [1.54, 1.807) is 0 Å². The quantitative estimate of drug-likeness (QED) is 0.696. The molecule has 0 bridgehead atoms. The number of nitrogens with zero attached hydrogens (tertiary/aromatic N) is 1. The number of amides is 1. The Kier molecular flexibility index (Phi) is 7.02. The molecule has 10 heteroatoms. The minimum absolute atomic E-state index is 0.0634. The third kappa shape index (κ3) is 5.79. The monoisotopic (exact) mass is 436 g/mol. The lowest BCUT2D eigenvalue weighted by Gasteiger charge is -2.23. The first-order chi connectivity index (χ1) is 12.6. The van der Waals surface area contributed by atoms with Gasteiger partial charge in [-0.15, -0.1) is 0 Å². The standard InChI is InChI=1S/C17H16Cl2F2N2O3S/c1-27(25,26)23(15-10-11(18)7-8-12(15)19)9-3-6-16(24)22-17-13(20)4-2-5-14(17)21/h2,4-5,7-8,10H,3,6,9H2,1H3,(H,22,24). The zero-order valence-electron chi connectivity index (χ0n) is 14.2. The van der Waals surface area contributed by atoms with Crippen LogP contribution in [0.1, 0.15) is 12.8 Å². The molecule has 1 amide bonds. The van der Waals surface area contributed by atoms with Gasteiger partial charge in [-0.2, -0.15) is 0 Å². The second kappa shape index (κ2) is 8.86. The molecule has 0 heterocycles. The fourth-order valence-electron chi connectivity index (χ4n) is 2.34. The number of hydrogen-bond acceptors (Lipinski definition) is 3. The molecule has 0 spiro atoms. The Labute approximate surface area is 165 Å². The Bertz CT molecular complexity index is 935. The highest BCUT2D eigenvalue weighted by Gasteiger charge is 2.21. The van der Waals surface area contributed by atoms with Gasteiger partial charge in [-0.05, 0) is 36.8 Å². The Balaban J connectivity index is 2.06. The largest absolute Gasteiger partial charge is 0.321 e. The highest BCUT2D eigenvalue weighted by molar-refractivity contribution is 7.92. The molecule has 0 aliphatic rings. The maximum Gasteiger partial charge on any atom is 0.232 e. The zero-order valence-corrected chi connectivity index (χ0v) is 16.5. The highest BCUT2D eigenvalue weighted by Crippen LogP contribution is 2.31. The predicted octanol–water partition coefficient (Wildman–Crippen LogP) is 4.46. The van der Waals surface area contributed by atoms with Crippen molar-refractivity contribution in [3.05, 3.63) is 58.1 Å². The van der Waals surface area contributed by atoms with E-state index >= 15 is 0 Å². The van der Waals surface area contributed by atoms with Gasteiger partial charge in [0.15, 0.2) is 0 Å². The minimum atomic E-state index is -3.69. The molecule has 0 saturated heterocycles. The van der Waals surface area contributed by atoms with E-state index in [1.165, 1.54) is 24.3 Å². The van der Waals surface area contributed by atoms with Gasteiger partial charge in [-0.25, -0.2) is 17.2 Å². The van der Waals surface area contributed by atoms with E-state index in [9.17, 15) is 22.0 Å². The summed E-state index contributed by atoms with van der Waals surface area (Å²) in [5, 5.41) is 2.63. The SMILES string of the molecule is CS(=O)(=O)N(CCCC(=O)Nc1c(F)cccc1F)c1cc(Cl)ccc1Cl. The van der Waals surface area contributed by atoms with Crippen molar-refractivity contribution < 1.29 is 22.0 Å². The molecule has 2 rings (SSSR count). The van der Waals surface area contributed by atoms with Crippen molar-refractivity contribution in [1.29, 1.82) is 0 Å². The summed E-state index contributed by atoms with van der Waals surface area (Å²) in [4.78, 5) is 11.9. The van der Waals surface area contributed by atoms with Crippen LogP contribution >= 0.6 is 23.2 Å². The number of nitrogens with one attached hydrogen (secondary N) is 1. The van der Waals surface area contributed by atoms with Crippen molar-refractivity contribution in [2.24, 2.45) is 0 Å². The first kappa shape index (κ1) is 21.4. The van der Waals surface area contributed by atoms with Crippen LogP contribution in [0.2, 0.25) is 10.0 Å². The lowest BCUT2D eigenvalue weighted by molar-refractivity contribution is -0.116. The number of sulfonamides is 1. The second-order valence-electron chi connectivity index (χ2n) is 5.68. The van der Waals surface area contributed by atoms with Gasteiger partial charge in [-0.1, -0.05) is 29.3 Å². The summed E-state index contributed by atoms with van der Waals surface area (Å²) in [6.45, 7) is -0.0634. The Hall–Kier alpha value is -1.90. The number of carbonyl (C=O) groups excluding carboxylic acids is 1. The lowest BCUT2D eigenvalue weighted by atomic mass is 10.2. The van der Waals surface area contributed by atoms with E-state index < -0.39 is 33.3 Å². The van der Waals surface area contributed by atoms with Crippen LogP contribution in [-0.2, 0) is 14.8 Å². The first-order valence-electron chi connectivity index (χ1n) is 7.76. The molecule has 146 valence electrons. The number of benzene rings is 2. The summed E-state index contributed by atoms with van der Waals surface area (Å²) < 4.78 is 52.3. The van der Waals surface area contributed by atoms with Crippen molar-refractivity contribution in [3.63, 3.8) is 0 Å². The molecular formula is C17H16Cl2F2N2O3S. The summed E-state index contributed by atoms with van der Waals surface area (Å²) >= 11 is 12.0. The van der Waals surface area contributed by atoms with Crippen LogP contribution in [-0.4, -0.2) is 27.1 Å². The van der Waals surface area contributed by atoms with Crippen molar-refractivity contribution in [2.75, 3.05) is 22.4 Å². The second-order valence-corrected chi connectivity index (χ2v) is 8.43. The molecule has 2 aromatic rings. The van der Waals surface area contributed by atoms with E-state index in [0.717, 1.165) is 22.7 Å². The number of para-hydroxylation sites is 1. The van der Waals surface area contributed by atoms with E-state index in [-0.39, 0.29) is 30.1 Å². The molecule has 0 aromatic heterocycles. The third-order valence-corrected chi connectivity index (χ3v) is 5.30. The Morgan fingerprint density at radius 1 is 1.15 bits per heavy atom. The topological polar surface area (TPSA) is 66.5 Å². The molecule has 0 unspecified atom stereocenters. The molecule has 1 N–H and O–H groups in total. The van der Waals surface area contributed by atoms with Gasteiger partial charge in [0, 0.05) is 18.0 Å². The minimum Gasteiger partial charge on any atom is -0.321 e. The maximum absolute atomic E-state index is 13.6. The van der Waals surface area contributed by atoms with Gasteiger partial charge < -0.3 is 5.32 Å². The van der Waals surface area contributed by atoms with Crippen LogP contribution in [0.3, 0.4) is 0 Å². The van der Waals surface area contributed by atoms with E-state index in [2.05, 4.69) is 5.32 Å². The average molecular weight is 437 g/mol. The van der Waals surface area contributed by atoms with Gasteiger partial charge in [0.2, 0.25) is 15.9 Å². The molecule has 0 saturated carbocycles. The summed E-state index contributed by atoms with van der Waals surface area (Å²) in [5.41, 5.74) is -0.354. The Morgan fingerprint density at radius 2 is 1.78 bits per heavy atom. The molecule has 2 aromatic carbocycles. The van der Waals surface area contributed by atoms with Crippen LogP contribution in [0.5, 0.6) is 0 Å². The van der Waals surface area contributed by atoms with Crippen molar-refractivity contribution in [2.45, 2.75) is 12.8 Å². The molecule has 0 aliphatic heterocycles. The molecule has 5 nitrogen and oxygen atoms in total. The molecule has 27 heavy (non-hydrogen) atoms. The van der Waals surface area contributed by atoms with Gasteiger partial charge in [0.25, 0.3) is 0 Å². The smallest absolute Gasteiger partial charge is 0.232 e. The van der Waals surface area contributed by atoms with Gasteiger partial charge in [-0.3, -0.25) is 9.10 Å². The normalized spacial score (nSPS) is 11.3. The summed E-state index contributed by atoms with van der Waals surface area (Å²) in [7, 11) is -3.69. The highest BCUT2D eigenvalue weighted by atomic mass is 35.5. The van der Waals surface area contributed by atoms with Gasteiger partial charge >= 0.3 is 0 Å². The predicted molar refractivity (Wildman–Crippen MR) is 103 cm³/mol. The average Bonchev–Trinajstić information content (AvgIpc) is 2.56. The zero-order chi connectivity index (χ0) is 20.2. The van der Waals surface area contributed by atoms with Crippen LogP contribution in [0.25, 0.3) is 0 Å². The first-order valence-corrected chi connectivity index (χ1v) is 10.4. The molecular weight excluding hydrogens is 421 g/mol. The van der Waals surface area contributed by atoms with E-state index in [0.29, 0.717) is 5.02 Å². The van der Waals surface area contributed by atoms with Crippen molar-refractivity contribution in [1.82, 2.24) is 0 Å². The summed E-state index contributed by atoms with van der Waals surface area (Å²) in [6, 6.07) is 7.60. The Morgan fingerprint density at radius 3 is 2.37 bits per heavy atom. The number of hydrogen-bond donors (Lipinski definition) is 1. The third-order valence-electron chi connectivity index (χ3n) is 3.57. The molecule has 0 aliphatic carbocycles. The fourth-order valence-corrected chi connectivity index (χ4v) is 3.75. The lowest BCUT2D eigenvalue weighted by Crippen LogP contribution is -2.31. The van der Waals surface area contributed by atoms with Gasteiger partial charge in [0.1, 0.15) is 17.3 Å².